The van der Waals surface area contributed by atoms with Crippen LogP contribution in [-0.4, -0.2) is 70.9 Å². The molecule has 1 fully saturated rings. The molecule has 0 spiro atoms. The number of carbonyl (C=O) groups excluding carboxylic acids is 1. The van der Waals surface area contributed by atoms with E-state index >= 15 is 0 Å². The van der Waals surface area contributed by atoms with Crippen molar-refractivity contribution in [2.45, 2.75) is 18.2 Å². The molecule has 2 heterocycles. The molecule has 2 N–H and O–H groups in total. The first kappa shape index (κ1) is 22.1. The fraction of sp³-hybridized carbons (Fsp3) is 0.500. The summed E-state index contributed by atoms with van der Waals surface area (Å²) in [4.78, 5) is 20.2. The summed E-state index contributed by atoms with van der Waals surface area (Å²) in [7, 11) is 1.34. The molecule has 1 atom stereocenters. The minimum atomic E-state index is -5.03. The first-order chi connectivity index (χ1) is 14.2. The van der Waals surface area contributed by atoms with E-state index in [4.69, 9.17) is 0 Å². The molecule has 1 aromatic heterocycles. The molecule has 1 aliphatic rings. The Kier molecular flexibility index (Phi) is 6.67. The molecule has 164 valence electrons. The number of rotatable bonds is 7. The summed E-state index contributed by atoms with van der Waals surface area (Å²) in [6.07, 6.45) is -3.72. The standard InChI is InChI=1S/C20H26F3N5O2/c1-26-9-7-25-18(26)19(30,20(21,22)23)15-17(29)24-8-10-27-11-13-28(14-12-27)16-5-3-2-4-6-16/h2-7,9,30H,8,10-15H2,1H3,(H,24,29). The Morgan fingerprint density at radius 3 is 2.40 bits per heavy atom. The Hall–Kier alpha value is -2.59. The number of carbonyl (C=O) groups is 1. The average molecular weight is 425 g/mol. The number of aromatic nitrogens is 2. The van der Waals surface area contributed by atoms with E-state index in [0.29, 0.717) is 6.54 Å². The fourth-order valence-corrected chi connectivity index (χ4v) is 3.59. The number of hydrogen-bond donors (Lipinski definition) is 2. The van der Waals surface area contributed by atoms with E-state index in [2.05, 4.69) is 32.2 Å². The van der Waals surface area contributed by atoms with Gasteiger partial charge in [-0.15, -0.1) is 0 Å². The lowest BCUT2D eigenvalue weighted by atomic mass is 9.97. The predicted octanol–water partition coefficient (Wildman–Crippen LogP) is 1.50. The van der Waals surface area contributed by atoms with E-state index in [1.807, 2.05) is 18.2 Å². The van der Waals surface area contributed by atoms with E-state index < -0.39 is 29.9 Å². The zero-order chi connectivity index (χ0) is 21.8. The number of amides is 1. The second-order valence-corrected chi connectivity index (χ2v) is 7.41. The number of imidazole rings is 1. The summed E-state index contributed by atoms with van der Waals surface area (Å²) < 4.78 is 41.6. The molecule has 3 rings (SSSR count). The van der Waals surface area contributed by atoms with Crippen LogP contribution in [0.2, 0.25) is 0 Å². The van der Waals surface area contributed by atoms with Crippen LogP contribution in [0.4, 0.5) is 18.9 Å². The molecule has 7 nitrogen and oxygen atoms in total. The Morgan fingerprint density at radius 2 is 1.83 bits per heavy atom. The molecule has 0 saturated carbocycles. The summed E-state index contributed by atoms with van der Waals surface area (Å²) >= 11 is 0. The van der Waals surface area contributed by atoms with Crippen LogP contribution in [0, 0.1) is 0 Å². The number of aliphatic hydroxyl groups is 1. The summed E-state index contributed by atoms with van der Waals surface area (Å²) in [5.74, 6) is -1.48. The summed E-state index contributed by atoms with van der Waals surface area (Å²) in [5, 5.41) is 12.8. The zero-order valence-electron chi connectivity index (χ0n) is 16.8. The van der Waals surface area contributed by atoms with E-state index in [0.717, 1.165) is 42.6 Å². The van der Waals surface area contributed by atoms with E-state index in [1.54, 1.807) is 0 Å². The number of piperazine rings is 1. The van der Waals surface area contributed by atoms with Gasteiger partial charge in [-0.1, -0.05) is 18.2 Å². The van der Waals surface area contributed by atoms with E-state index in [1.165, 1.54) is 13.2 Å². The van der Waals surface area contributed by atoms with E-state index in [-0.39, 0.29) is 6.54 Å². The largest absolute Gasteiger partial charge is 0.425 e. The van der Waals surface area contributed by atoms with Crippen LogP contribution in [0.25, 0.3) is 0 Å². The highest BCUT2D eigenvalue weighted by Gasteiger charge is 2.58. The smallest absolute Gasteiger partial charge is 0.374 e. The molecule has 0 aliphatic carbocycles. The van der Waals surface area contributed by atoms with Crippen LogP contribution in [0.1, 0.15) is 12.2 Å². The van der Waals surface area contributed by atoms with Crippen molar-refractivity contribution >= 4 is 11.6 Å². The third-order valence-electron chi connectivity index (χ3n) is 5.32. The summed E-state index contributed by atoms with van der Waals surface area (Å²) in [6, 6.07) is 10.1. The van der Waals surface area contributed by atoms with Gasteiger partial charge < -0.3 is 19.9 Å². The topological polar surface area (TPSA) is 73.6 Å². The first-order valence-corrected chi connectivity index (χ1v) is 9.76. The van der Waals surface area contributed by atoms with Gasteiger partial charge in [0.25, 0.3) is 0 Å². The van der Waals surface area contributed by atoms with Crippen molar-refractivity contribution in [2.75, 3.05) is 44.2 Å². The second kappa shape index (κ2) is 9.05. The van der Waals surface area contributed by atoms with Crippen molar-refractivity contribution in [1.82, 2.24) is 19.8 Å². The average Bonchev–Trinajstić information content (AvgIpc) is 3.15. The Bertz CT molecular complexity index is 834. The number of aryl methyl sites for hydroxylation is 1. The molecule has 10 heteroatoms. The molecule has 0 radical (unpaired) electrons. The molecule has 1 amide bonds. The molecule has 1 saturated heterocycles. The third kappa shape index (κ3) is 4.93. The van der Waals surface area contributed by atoms with Gasteiger partial charge in [-0.25, -0.2) is 4.98 Å². The van der Waals surface area contributed by atoms with Gasteiger partial charge in [0.2, 0.25) is 11.5 Å². The maximum Gasteiger partial charge on any atom is 0.425 e. The molecule has 1 aliphatic heterocycles. The number of nitrogens with one attached hydrogen (secondary N) is 1. The minimum Gasteiger partial charge on any atom is -0.374 e. The van der Waals surface area contributed by atoms with Crippen molar-refractivity contribution < 1.29 is 23.1 Å². The van der Waals surface area contributed by atoms with Gasteiger partial charge in [0.1, 0.15) is 0 Å². The highest BCUT2D eigenvalue weighted by molar-refractivity contribution is 5.77. The molecule has 1 unspecified atom stereocenters. The van der Waals surface area contributed by atoms with Crippen LogP contribution in [0.15, 0.2) is 42.7 Å². The molecular weight excluding hydrogens is 399 g/mol. The zero-order valence-corrected chi connectivity index (χ0v) is 16.8. The second-order valence-electron chi connectivity index (χ2n) is 7.41. The minimum absolute atomic E-state index is 0.207. The number of anilines is 1. The van der Waals surface area contributed by atoms with Gasteiger partial charge in [0.05, 0.1) is 6.42 Å². The van der Waals surface area contributed by atoms with Crippen molar-refractivity contribution in [3.05, 3.63) is 48.5 Å². The van der Waals surface area contributed by atoms with Gasteiger partial charge in [-0.3, -0.25) is 9.69 Å². The van der Waals surface area contributed by atoms with Crippen LogP contribution >= 0.6 is 0 Å². The summed E-state index contributed by atoms with van der Waals surface area (Å²) in [6.45, 7) is 4.00. The maximum atomic E-state index is 13.5. The van der Waals surface area contributed by atoms with Crippen LogP contribution < -0.4 is 10.2 Å². The quantitative estimate of drug-likeness (QED) is 0.704. The van der Waals surface area contributed by atoms with E-state index in [9.17, 15) is 23.1 Å². The normalized spacial score (nSPS) is 17.6. The van der Waals surface area contributed by atoms with Gasteiger partial charge in [-0.2, -0.15) is 13.2 Å². The van der Waals surface area contributed by atoms with Crippen LogP contribution in [0.5, 0.6) is 0 Å². The molecule has 0 bridgehead atoms. The number of benzene rings is 1. The first-order valence-electron chi connectivity index (χ1n) is 9.76. The van der Waals surface area contributed by atoms with Crippen molar-refractivity contribution in [3.8, 4) is 0 Å². The Balaban J connectivity index is 1.47. The molecule has 2 aromatic rings. The van der Waals surface area contributed by atoms with Gasteiger partial charge in [-0.05, 0) is 12.1 Å². The maximum absolute atomic E-state index is 13.5. The van der Waals surface area contributed by atoms with Crippen molar-refractivity contribution in [2.24, 2.45) is 7.05 Å². The number of halogens is 3. The number of hydrogen-bond acceptors (Lipinski definition) is 5. The van der Waals surface area contributed by atoms with Gasteiger partial charge in [0.15, 0.2) is 5.82 Å². The number of alkyl halides is 3. The number of para-hydroxylation sites is 1. The third-order valence-corrected chi connectivity index (χ3v) is 5.32. The van der Waals surface area contributed by atoms with Crippen LogP contribution in [0.3, 0.4) is 0 Å². The van der Waals surface area contributed by atoms with Gasteiger partial charge >= 0.3 is 6.18 Å². The molecule has 1 aromatic carbocycles. The lowest BCUT2D eigenvalue weighted by molar-refractivity contribution is -0.271. The molecule has 30 heavy (non-hydrogen) atoms. The van der Waals surface area contributed by atoms with Crippen molar-refractivity contribution in [1.29, 1.82) is 0 Å². The monoisotopic (exact) mass is 425 g/mol. The highest BCUT2D eigenvalue weighted by atomic mass is 19.4. The highest BCUT2D eigenvalue weighted by Crippen LogP contribution is 2.40. The molecular formula is C20H26F3N5O2. The van der Waals surface area contributed by atoms with Gasteiger partial charge in [0, 0.05) is 64.4 Å². The Morgan fingerprint density at radius 1 is 1.17 bits per heavy atom. The van der Waals surface area contributed by atoms with Crippen molar-refractivity contribution in [3.63, 3.8) is 0 Å². The lowest BCUT2D eigenvalue weighted by Crippen LogP contribution is -2.50. The predicted molar refractivity (Wildman–Crippen MR) is 106 cm³/mol. The number of nitrogens with zero attached hydrogens (tertiary/aromatic N) is 4. The fourth-order valence-electron chi connectivity index (χ4n) is 3.59. The Labute approximate surface area is 173 Å². The SMILES string of the molecule is Cn1ccnc1C(O)(CC(=O)NCCN1CCN(c2ccccc2)CC1)C(F)(F)F. The lowest BCUT2D eigenvalue weighted by Gasteiger charge is -2.36. The van der Waals surface area contributed by atoms with Crippen LogP contribution in [-0.2, 0) is 17.4 Å². The summed E-state index contributed by atoms with van der Waals surface area (Å²) in [5.41, 5.74) is -2.18.